The van der Waals surface area contributed by atoms with Crippen LogP contribution in [0.15, 0.2) is 48.5 Å². The van der Waals surface area contributed by atoms with E-state index in [0.29, 0.717) is 12.0 Å². The van der Waals surface area contributed by atoms with Gasteiger partial charge in [-0.15, -0.1) is 0 Å². The average Bonchev–Trinajstić information content (AvgIpc) is 3.09. The molecule has 2 aliphatic heterocycles. The molecule has 0 aliphatic carbocycles. The van der Waals surface area contributed by atoms with Crippen LogP contribution in [0.5, 0.6) is 5.75 Å². The van der Waals surface area contributed by atoms with E-state index in [1.807, 2.05) is 47.4 Å². The highest BCUT2D eigenvalue weighted by Gasteiger charge is 2.57. The third-order valence-corrected chi connectivity index (χ3v) is 5.34. The van der Waals surface area contributed by atoms with E-state index in [1.165, 1.54) is 0 Å². The fourth-order valence-corrected chi connectivity index (χ4v) is 4.13. The Morgan fingerprint density at radius 1 is 1.22 bits per heavy atom. The molecule has 0 radical (unpaired) electrons. The third kappa shape index (κ3) is 2.63. The van der Waals surface area contributed by atoms with Crippen molar-refractivity contribution in [3.05, 3.63) is 59.7 Å². The molecule has 140 valence electrons. The van der Waals surface area contributed by atoms with Crippen LogP contribution < -0.4 is 15.0 Å². The Kier molecular flexibility index (Phi) is 4.26. The molecule has 27 heavy (non-hydrogen) atoms. The topological polar surface area (TPSA) is 67.9 Å². The number of nitrogens with one attached hydrogen (secondary N) is 1. The van der Waals surface area contributed by atoms with Gasteiger partial charge in [0.15, 0.2) is 0 Å². The van der Waals surface area contributed by atoms with Crippen molar-refractivity contribution < 1.29 is 19.1 Å². The number of ether oxygens (including phenoxy) is 2. The minimum Gasteiger partial charge on any atom is -0.497 e. The van der Waals surface area contributed by atoms with E-state index < -0.39 is 11.6 Å². The molecule has 2 aromatic rings. The molecule has 2 atom stereocenters. The molecule has 1 amide bonds. The average molecular weight is 366 g/mol. The lowest BCUT2D eigenvalue weighted by atomic mass is 9.99. The van der Waals surface area contributed by atoms with E-state index in [-0.39, 0.29) is 18.6 Å². The molecule has 0 bridgehead atoms. The molecule has 0 spiro atoms. The molecular weight excluding hydrogens is 344 g/mol. The van der Waals surface area contributed by atoms with Crippen LogP contribution in [0.2, 0.25) is 0 Å². The number of methoxy groups -OCH3 is 1. The van der Waals surface area contributed by atoms with E-state index in [2.05, 4.69) is 5.32 Å². The van der Waals surface area contributed by atoms with Crippen molar-refractivity contribution in [3.8, 4) is 5.75 Å². The van der Waals surface area contributed by atoms with Crippen molar-refractivity contribution in [2.75, 3.05) is 18.6 Å². The molecule has 6 heteroatoms. The van der Waals surface area contributed by atoms with Crippen molar-refractivity contribution in [2.45, 2.75) is 31.5 Å². The number of nitrogens with zero attached hydrogens (tertiary/aromatic N) is 1. The Morgan fingerprint density at radius 3 is 2.67 bits per heavy atom. The van der Waals surface area contributed by atoms with Gasteiger partial charge in [0.2, 0.25) is 5.66 Å². The Morgan fingerprint density at radius 2 is 1.96 bits per heavy atom. The molecule has 2 aliphatic rings. The summed E-state index contributed by atoms with van der Waals surface area (Å²) >= 11 is 0. The highest BCUT2D eigenvalue weighted by Crippen LogP contribution is 2.48. The summed E-state index contributed by atoms with van der Waals surface area (Å²) in [6.45, 7) is 2.03. The fourth-order valence-electron chi connectivity index (χ4n) is 4.13. The van der Waals surface area contributed by atoms with Gasteiger partial charge in [-0.2, -0.15) is 0 Å². The maximum atomic E-state index is 12.9. The number of benzene rings is 2. The largest absolute Gasteiger partial charge is 0.497 e. The van der Waals surface area contributed by atoms with Gasteiger partial charge >= 0.3 is 5.97 Å². The van der Waals surface area contributed by atoms with Gasteiger partial charge in [-0.05, 0) is 43.2 Å². The number of hydrogen-bond donors (Lipinski definition) is 1. The van der Waals surface area contributed by atoms with E-state index in [0.717, 1.165) is 23.4 Å². The highest BCUT2D eigenvalue weighted by atomic mass is 16.5. The first-order valence-electron chi connectivity index (χ1n) is 9.13. The minimum atomic E-state index is -1.17. The zero-order chi connectivity index (χ0) is 19.0. The van der Waals surface area contributed by atoms with Gasteiger partial charge in [0.1, 0.15) is 5.75 Å². The molecule has 4 rings (SSSR count). The standard InChI is InChI=1S/C21H22N2O4/c1-3-27-20(25)21-13-12-17(14-8-10-15(26-2)11-9-14)23(21)18-7-5-4-6-16(18)19(24)22-21/h4-11,17H,3,12-13H2,1-2H3,(H,22,24)/t17-,21+/m0/s1. The Balaban J connectivity index is 1.83. The molecule has 0 unspecified atom stereocenters. The predicted molar refractivity (Wildman–Crippen MR) is 101 cm³/mol. The van der Waals surface area contributed by atoms with Crippen LogP contribution in [0, 0.1) is 0 Å². The number of anilines is 1. The van der Waals surface area contributed by atoms with E-state index >= 15 is 0 Å². The van der Waals surface area contributed by atoms with Crippen molar-refractivity contribution in [2.24, 2.45) is 0 Å². The van der Waals surface area contributed by atoms with Gasteiger partial charge in [0.05, 0.1) is 31.0 Å². The fraction of sp³-hybridized carbons (Fsp3) is 0.333. The molecule has 1 N–H and O–H groups in total. The molecule has 2 aromatic carbocycles. The second-order valence-corrected chi connectivity index (χ2v) is 6.75. The number of esters is 1. The summed E-state index contributed by atoms with van der Waals surface area (Å²) in [5.74, 6) is 0.120. The summed E-state index contributed by atoms with van der Waals surface area (Å²) in [6.07, 6.45) is 1.21. The summed E-state index contributed by atoms with van der Waals surface area (Å²) in [5.41, 5.74) is 1.21. The molecule has 1 fully saturated rings. The lowest BCUT2D eigenvalue weighted by molar-refractivity contribution is -0.150. The highest BCUT2D eigenvalue weighted by molar-refractivity contribution is 6.07. The smallest absolute Gasteiger partial charge is 0.353 e. The predicted octanol–water partition coefficient (Wildman–Crippen LogP) is 3.04. The second kappa shape index (κ2) is 6.61. The first kappa shape index (κ1) is 17.4. The summed E-state index contributed by atoms with van der Waals surface area (Å²) in [7, 11) is 1.63. The molecular formula is C21H22N2O4. The number of carbonyl (C=O) groups is 2. The zero-order valence-electron chi connectivity index (χ0n) is 15.4. The van der Waals surface area contributed by atoms with Crippen LogP contribution in [0.4, 0.5) is 5.69 Å². The molecule has 0 saturated carbocycles. The van der Waals surface area contributed by atoms with Gasteiger partial charge < -0.3 is 19.7 Å². The van der Waals surface area contributed by atoms with Gasteiger partial charge in [-0.1, -0.05) is 24.3 Å². The van der Waals surface area contributed by atoms with Crippen LogP contribution >= 0.6 is 0 Å². The first-order valence-corrected chi connectivity index (χ1v) is 9.13. The van der Waals surface area contributed by atoms with Crippen molar-refractivity contribution in [1.29, 1.82) is 0 Å². The number of hydrogen-bond acceptors (Lipinski definition) is 5. The maximum absolute atomic E-state index is 12.9. The third-order valence-electron chi connectivity index (χ3n) is 5.34. The normalized spacial score (nSPS) is 23.3. The van der Waals surface area contributed by atoms with Crippen LogP contribution in [-0.4, -0.2) is 31.3 Å². The zero-order valence-corrected chi connectivity index (χ0v) is 15.4. The van der Waals surface area contributed by atoms with Crippen LogP contribution in [0.3, 0.4) is 0 Å². The molecule has 0 aromatic heterocycles. The Labute approximate surface area is 158 Å². The SMILES string of the molecule is CCOC(=O)[C@@]12CC[C@@H](c3ccc(OC)cc3)N1c1ccccc1C(=O)N2. The summed E-state index contributed by atoms with van der Waals surface area (Å²) in [5, 5.41) is 2.94. The first-order chi connectivity index (χ1) is 13.1. The van der Waals surface area contributed by atoms with Crippen molar-refractivity contribution in [3.63, 3.8) is 0 Å². The number of fused-ring (bicyclic) bond motifs is 3. The van der Waals surface area contributed by atoms with Crippen molar-refractivity contribution in [1.82, 2.24) is 5.32 Å². The second-order valence-electron chi connectivity index (χ2n) is 6.75. The summed E-state index contributed by atoms with van der Waals surface area (Å²) in [4.78, 5) is 27.7. The lowest BCUT2D eigenvalue weighted by Crippen LogP contribution is -2.66. The number of para-hydroxylation sites is 1. The minimum absolute atomic E-state index is 0.0536. The number of carbonyl (C=O) groups excluding carboxylic acids is 2. The maximum Gasteiger partial charge on any atom is 0.353 e. The Hall–Kier alpha value is -3.02. The monoisotopic (exact) mass is 366 g/mol. The van der Waals surface area contributed by atoms with E-state index in [1.54, 1.807) is 20.1 Å². The van der Waals surface area contributed by atoms with Gasteiger partial charge in [0.25, 0.3) is 5.91 Å². The number of rotatable bonds is 4. The van der Waals surface area contributed by atoms with Crippen LogP contribution in [0.25, 0.3) is 0 Å². The van der Waals surface area contributed by atoms with Crippen LogP contribution in [-0.2, 0) is 9.53 Å². The van der Waals surface area contributed by atoms with Gasteiger partial charge in [-0.3, -0.25) is 4.79 Å². The van der Waals surface area contributed by atoms with Gasteiger partial charge in [-0.25, -0.2) is 4.79 Å². The molecule has 6 nitrogen and oxygen atoms in total. The summed E-state index contributed by atoms with van der Waals surface area (Å²) in [6, 6.07) is 15.2. The van der Waals surface area contributed by atoms with E-state index in [4.69, 9.17) is 9.47 Å². The molecule has 2 heterocycles. The van der Waals surface area contributed by atoms with E-state index in [9.17, 15) is 9.59 Å². The Bertz CT molecular complexity index is 880. The molecule has 1 saturated heterocycles. The summed E-state index contributed by atoms with van der Waals surface area (Å²) < 4.78 is 10.6. The lowest BCUT2D eigenvalue weighted by Gasteiger charge is -2.45. The van der Waals surface area contributed by atoms with Crippen LogP contribution in [0.1, 0.15) is 41.7 Å². The quantitative estimate of drug-likeness (QED) is 0.843. The van der Waals surface area contributed by atoms with Gasteiger partial charge in [0, 0.05) is 6.42 Å². The number of amides is 1. The van der Waals surface area contributed by atoms with Crippen molar-refractivity contribution >= 4 is 17.6 Å².